The van der Waals surface area contributed by atoms with Gasteiger partial charge in [-0.2, -0.15) is 5.10 Å². The fraction of sp³-hybridized carbons (Fsp3) is 0. The third-order valence-corrected chi connectivity index (χ3v) is 4.81. The van der Waals surface area contributed by atoms with E-state index in [4.69, 9.17) is 11.6 Å². The Hall–Kier alpha value is -2.96. The summed E-state index contributed by atoms with van der Waals surface area (Å²) in [7, 11) is 0. The second-order valence-corrected chi connectivity index (χ2v) is 6.85. The van der Waals surface area contributed by atoms with E-state index in [1.807, 2.05) is 41.8 Å². The fourth-order valence-corrected chi connectivity index (χ4v) is 3.24. The van der Waals surface area contributed by atoms with Crippen LogP contribution >= 0.6 is 22.9 Å². The van der Waals surface area contributed by atoms with E-state index < -0.39 is 0 Å². The summed E-state index contributed by atoms with van der Waals surface area (Å²) in [6, 6.07) is 14.9. The van der Waals surface area contributed by atoms with Crippen LogP contribution in [-0.4, -0.2) is 20.7 Å². The van der Waals surface area contributed by atoms with Gasteiger partial charge in [-0.15, -0.1) is 11.3 Å². The molecule has 128 valence electrons. The van der Waals surface area contributed by atoms with Crippen LogP contribution in [0.15, 0.2) is 72.5 Å². The first-order chi connectivity index (χ1) is 12.7. The van der Waals surface area contributed by atoms with Gasteiger partial charge in [-0.25, -0.2) is 9.67 Å². The molecule has 0 aliphatic rings. The lowest BCUT2D eigenvalue weighted by Crippen LogP contribution is -2.11. The van der Waals surface area contributed by atoms with Crippen molar-refractivity contribution in [2.75, 3.05) is 5.32 Å². The summed E-state index contributed by atoms with van der Waals surface area (Å²) < 4.78 is 1.64. The Balaban J connectivity index is 1.52. The molecule has 0 bridgehead atoms. The molecule has 26 heavy (non-hydrogen) atoms. The average Bonchev–Trinajstić information content (AvgIpc) is 3.35. The Bertz CT molecular complexity index is 1040. The lowest BCUT2D eigenvalue weighted by Gasteiger charge is -2.05. The minimum Gasteiger partial charge on any atom is -0.322 e. The van der Waals surface area contributed by atoms with Gasteiger partial charge in [0.25, 0.3) is 5.91 Å². The number of rotatable bonds is 4. The molecule has 0 aliphatic carbocycles. The number of nitrogens with zero attached hydrogens (tertiary/aromatic N) is 3. The predicted molar refractivity (Wildman–Crippen MR) is 104 cm³/mol. The van der Waals surface area contributed by atoms with Gasteiger partial charge in [0.15, 0.2) is 0 Å². The van der Waals surface area contributed by atoms with E-state index in [0.29, 0.717) is 16.3 Å². The van der Waals surface area contributed by atoms with Gasteiger partial charge in [-0.05, 0) is 36.4 Å². The van der Waals surface area contributed by atoms with Crippen LogP contribution in [0.2, 0.25) is 5.02 Å². The molecule has 0 fully saturated rings. The van der Waals surface area contributed by atoms with Gasteiger partial charge in [0.2, 0.25) is 0 Å². The molecule has 0 saturated heterocycles. The molecule has 1 amide bonds. The van der Waals surface area contributed by atoms with Crippen LogP contribution in [0.25, 0.3) is 16.3 Å². The van der Waals surface area contributed by atoms with Crippen molar-refractivity contribution in [2.45, 2.75) is 0 Å². The molecule has 5 nitrogen and oxygen atoms in total. The summed E-state index contributed by atoms with van der Waals surface area (Å²) in [4.78, 5) is 16.8. The van der Waals surface area contributed by atoms with Crippen LogP contribution in [0.3, 0.4) is 0 Å². The van der Waals surface area contributed by atoms with Crippen molar-refractivity contribution in [3.8, 4) is 16.3 Å². The van der Waals surface area contributed by atoms with Crippen LogP contribution in [0.1, 0.15) is 10.4 Å². The number of hydrogen-bond donors (Lipinski definition) is 1. The number of anilines is 1. The molecular weight excluding hydrogens is 368 g/mol. The number of halogens is 1. The van der Waals surface area contributed by atoms with Gasteiger partial charge in [0, 0.05) is 34.0 Å². The molecule has 4 rings (SSSR count). The van der Waals surface area contributed by atoms with Crippen LogP contribution in [0, 0.1) is 0 Å². The van der Waals surface area contributed by atoms with E-state index >= 15 is 0 Å². The predicted octanol–water partition coefficient (Wildman–Crippen LogP) is 4.90. The first-order valence-electron chi connectivity index (χ1n) is 7.81. The Morgan fingerprint density at radius 3 is 2.77 bits per heavy atom. The second-order valence-electron chi connectivity index (χ2n) is 5.52. The van der Waals surface area contributed by atoms with E-state index in [1.165, 1.54) is 6.20 Å². The number of benzene rings is 2. The molecule has 1 N–H and O–H groups in total. The molecule has 0 atom stereocenters. The van der Waals surface area contributed by atoms with E-state index in [-0.39, 0.29) is 5.91 Å². The Labute approximate surface area is 158 Å². The molecule has 4 aromatic rings. The Kier molecular flexibility index (Phi) is 4.51. The first-order valence-corrected chi connectivity index (χ1v) is 9.07. The van der Waals surface area contributed by atoms with Crippen LogP contribution in [-0.2, 0) is 0 Å². The van der Waals surface area contributed by atoms with Crippen LogP contribution < -0.4 is 5.32 Å². The smallest absolute Gasteiger partial charge is 0.258 e. The lowest BCUT2D eigenvalue weighted by molar-refractivity contribution is 0.102. The SMILES string of the molecule is O=C(Nc1cccc(-c2nccs2)c1)c1cnn(-c2ccc(Cl)cc2)c1. The molecule has 0 spiro atoms. The fourth-order valence-electron chi connectivity index (χ4n) is 2.47. The highest BCUT2D eigenvalue weighted by atomic mass is 35.5. The van der Waals surface area contributed by atoms with Crippen molar-refractivity contribution in [2.24, 2.45) is 0 Å². The molecule has 2 aromatic heterocycles. The lowest BCUT2D eigenvalue weighted by atomic mass is 10.2. The van der Waals surface area contributed by atoms with Gasteiger partial charge >= 0.3 is 0 Å². The number of aromatic nitrogens is 3. The Morgan fingerprint density at radius 1 is 1.15 bits per heavy atom. The number of carbonyl (C=O) groups excluding carboxylic acids is 1. The highest BCUT2D eigenvalue weighted by Crippen LogP contribution is 2.24. The van der Waals surface area contributed by atoms with Gasteiger partial charge in [-0.1, -0.05) is 23.7 Å². The zero-order chi connectivity index (χ0) is 17.9. The average molecular weight is 381 g/mol. The summed E-state index contributed by atoms with van der Waals surface area (Å²) in [6.07, 6.45) is 4.98. The quantitative estimate of drug-likeness (QED) is 0.547. The van der Waals surface area contributed by atoms with Crippen LogP contribution in [0.5, 0.6) is 0 Å². The van der Waals surface area contributed by atoms with Crippen molar-refractivity contribution < 1.29 is 4.79 Å². The van der Waals surface area contributed by atoms with Crippen molar-refractivity contribution in [1.29, 1.82) is 0 Å². The van der Waals surface area contributed by atoms with Crippen molar-refractivity contribution in [1.82, 2.24) is 14.8 Å². The van der Waals surface area contributed by atoms with E-state index in [0.717, 1.165) is 16.3 Å². The highest BCUT2D eigenvalue weighted by Gasteiger charge is 2.11. The molecule has 7 heteroatoms. The second kappa shape index (κ2) is 7.11. The summed E-state index contributed by atoms with van der Waals surface area (Å²) in [5.41, 5.74) is 2.98. The largest absolute Gasteiger partial charge is 0.322 e. The first kappa shape index (κ1) is 16.5. The maximum atomic E-state index is 12.5. The molecule has 0 unspecified atom stereocenters. The zero-order valence-corrected chi connectivity index (χ0v) is 15.0. The van der Waals surface area contributed by atoms with E-state index in [1.54, 1.807) is 40.5 Å². The number of thiazole rings is 1. The topological polar surface area (TPSA) is 59.8 Å². The number of hydrogen-bond acceptors (Lipinski definition) is 4. The van der Waals surface area contributed by atoms with E-state index in [9.17, 15) is 4.79 Å². The van der Waals surface area contributed by atoms with Gasteiger partial charge in [-0.3, -0.25) is 4.79 Å². The van der Waals surface area contributed by atoms with Crippen molar-refractivity contribution in [3.05, 3.63) is 83.1 Å². The highest BCUT2D eigenvalue weighted by molar-refractivity contribution is 7.13. The third-order valence-electron chi connectivity index (χ3n) is 3.74. The standard InChI is InChI=1S/C19H13ClN4OS/c20-15-4-6-17(7-5-15)24-12-14(11-22-24)18(25)23-16-3-1-2-13(10-16)19-21-8-9-26-19/h1-12H,(H,23,25). The van der Waals surface area contributed by atoms with Gasteiger partial charge in [0.1, 0.15) is 5.01 Å². The molecule has 0 saturated carbocycles. The molecular formula is C19H13ClN4OS. The summed E-state index contributed by atoms with van der Waals surface area (Å²) in [5, 5.41) is 10.6. The molecule has 2 aromatic carbocycles. The number of amides is 1. The number of nitrogens with one attached hydrogen (secondary N) is 1. The maximum absolute atomic E-state index is 12.5. The van der Waals surface area contributed by atoms with E-state index in [2.05, 4.69) is 15.4 Å². The number of carbonyl (C=O) groups is 1. The molecule has 0 aliphatic heterocycles. The minimum absolute atomic E-state index is 0.221. The molecule has 0 radical (unpaired) electrons. The van der Waals surface area contributed by atoms with Gasteiger partial charge in [0.05, 0.1) is 17.4 Å². The third kappa shape index (κ3) is 3.51. The normalized spacial score (nSPS) is 10.7. The summed E-state index contributed by atoms with van der Waals surface area (Å²) >= 11 is 7.45. The van der Waals surface area contributed by atoms with Crippen molar-refractivity contribution >= 4 is 34.5 Å². The minimum atomic E-state index is -0.221. The summed E-state index contributed by atoms with van der Waals surface area (Å²) in [6.45, 7) is 0. The Morgan fingerprint density at radius 2 is 2.00 bits per heavy atom. The van der Waals surface area contributed by atoms with Crippen molar-refractivity contribution in [3.63, 3.8) is 0 Å². The van der Waals surface area contributed by atoms with Gasteiger partial charge < -0.3 is 5.32 Å². The molecule has 2 heterocycles. The monoisotopic (exact) mass is 380 g/mol. The maximum Gasteiger partial charge on any atom is 0.258 e. The zero-order valence-electron chi connectivity index (χ0n) is 13.5. The van der Waals surface area contributed by atoms with Crippen LogP contribution in [0.4, 0.5) is 5.69 Å². The summed E-state index contributed by atoms with van der Waals surface area (Å²) in [5.74, 6) is -0.221.